The van der Waals surface area contributed by atoms with E-state index >= 15 is 0 Å². The topological polar surface area (TPSA) is 89.3 Å². The highest BCUT2D eigenvalue weighted by Crippen LogP contribution is 2.44. The van der Waals surface area contributed by atoms with Crippen molar-refractivity contribution in [3.8, 4) is 17.1 Å². The number of piperidine rings is 1. The largest absolute Gasteiger partial charge is 0.488 e. The van der Waals surface area contributed by atoms with Crippen LogP contribution in [-0.2, 0) is 0 Å². The molecule has 3 aromatic rings. The lowest BCUT2D eigenvalue weighted by Crippen LogP contribution is -2.46. The summed E-state index contributed by atoms with van der Waals surface area (Å²) in [6.07, 6.45) is 7.86. The first-order chi connectivity index (χ1) is 14.7. The highest BCUT2D eigenvalue weighted by atomic mass is 19.1. The van der Waals surface area contributed by atoms with Crippen LogP contribution >= 0.6 is 0 Å². The molecule has 30 heavy (non-hydrogen) atoms. The fourth-order valence-electron chi connectivity index (χ4n) is 3.89. The molecular weight excluding hydrogens is 385 g/mol. The first kappa shape index (κ1) is 18.0. The van der Waals surface area contributed by atoms with Crippen molar-refractivity contribution in [3.05, 3.63) is 30.2 Å². The summed E-state index contributed by atoms with van der Waals surface area (Å²) in [4.78, 5) is 13.4. The molecule has 2 aliphatic carbocycles. The van der Waals surface area contributed by atoms with Crippen LogP contribution in [0.25, 0.3) is 17.0 Å². The first-order valence-corrected chi connectivity index (χ1v) is 10.7. The summed E-state index contributed by atoms with van der Waals surface area (Å²) in [5.74, 6) is 1.74. The van der Waals surface area contributed by atoms with Gasteiger partial charge < -0.3 is 15.4 Å². The molecule has 1 aliphatic heterocycles. The van der Waals surface area contributed by atoms with Crippen LogP contribution in [0.15, 0.2) is 24.5 Å². The number of imidazole rings is 1. The normalized spacial score (nSPS) is 24.2. The standard InChI is InChI=1S/C21H24FN7O/c22-14-5-7-23-10-16(14)27-21-24-8-6-15(26-21)17-11-25-19-9-18(30-13-3-4-13)20(12-1-2-12)28-29(17)19/h6,8-9,11-14,16,23H,1-5,7,10H2,(H,24,26,27). The molecule has 2 N–H and O–H groups in total. The number of fused-ring (bicyclic) bond motifs is 1. The van der Waals surface area contributed by atoms with Crippen molar-refractivity contribution >= 4 is 11.6 Å². The van der Waals surface area contributed by atoms with Crippen molar-refractivity contribution in [2.75, 3.05) is 18.4 Å². The molecule has 3 fully saturated rings. The first-order valence-electron chi connectivity index (χ1n) is 10.7. The molecule has 0 amide bonds. The van der Waals surface area contributed by atoms with Gasteiger partial charge in [-0.2, -0.15) is 5.10 Å². The van der Waals surface area contributed by atoms with Gasteiger partial charge in [-0.05, 0) is 44.7 Å². The fraction of sp³-hybridized carbons (Fsp3) is 0.524. The van der Waals surface area contributed by atoms with Crippen LogP contribution < -0.4 is 15.4 Å². The summed E-state index contributed by atoms with van der Waals surface area (Å²) in [6.45, 7) is 1.25. The molecule has 1 saturated heterocycles. The number of rotatable bonds is 6. The third-order valence-electron chi connectivity index (χ3n) is 5.90. The summed E-state index contributed by atoms with van der Waals surface area (Å²) in [6, 6.07) is 3.48. The lowest BCUT2D eigenvalue weighted by atomic mass is 10.1. The Morgan fingerprint density at radius 2 is 2.07 bits per heavy atom. The molecule has 2 saturated carbocycles. The third-order valence-corrected chi connectivity index (χ3v) is 5.90. The highest BCUT2D eigenvalue weighted by molar-refractivity contribution is 5.61. The van der Waals surface area contributed by atoms with Crippen LogP contribution in [0.5, 0.6) is 5.75 Å². The average molecular weight is 409 g/mol. The summed E-state index contributed by atoms with van der Waals surface area (Å²) >= 11 is 0. The summed E-state index contributed by atoms with van der Waals surface area (Å²) in [5, 5.41) is 11.2. The molecule has 9 heteroatoms. The average Bonchev–Trinajstić information content (AvgIpc) is 3.68. The van der Waals surface area contributed by atoms with Crippen molar-refractivity contribution in [1.29, 1.82) is 0 Å². The molecule has 3 aromatic heterocycles. The Labute approximate surface area is 173 Å². The number of nitrogens with one attached hydrogen (secondary N) is 2. The second-order valence-corrected chi connectivity index (χ2v) is 8.42. The zero-order valence-electron chi connectivity index (χ0n) is 16.6. The number of halogens is 1. The van der Waals surface area contributed by atoms with Gasteiger partial charge in [-0.15, -0.1) is 0 Å². The van der Waals surface area contributed by atoms with Crippen LogP contribution in [-0.4, -0.2) is 56.0 Å². The summed E-state index contributed by atoms with van der Waals surface area (Å²) in [7, 11) is 0. The van der Waals surface area contributed by atoms with Gasteiger partial charge in [0.2, 0.25) is 5.95 Å². The Morgan fingerprint density at radius 1 is 1.17 bits per heavy atom. The van der Waals surface area contributed by atoms with E-state index in [1.54, 1.807) is 12.4 Å². The van der Waals surface area contributed by atoms with Gasteiger partial charge in [-0.25, -0.2) is 23.9 Å². The molecule has 2 atom stereocenters. The quantitative estimate of drug-likeness (QED) is 0.647. The molecule has 0 spiro atoms. The number of hydrogen-bond donors (Lipinski definition) is 2. The molecule has 0 aromatic carbocycles. The monoisotopic (exact) mass is 409 g/mol. The molecule has 4 heterocycles. The maximum atomic E-state index is 14.2. The number of alkyl halides is 1. The van der Waals surface area contributed by atoms with E-state index < -0.39 is 6.17 Å². The van der Waals surface area contributed by atoms with Crippen LogP contribution in [0.1, 0.15) is 43.7 Å². The molecule has 2 unspecified atom stereocenters. The van der Waals surface area contributed by atoms with Crippen LogP contribution in [0.3, 0.4) is 0 Å². The van der Waals surface area contributed by atoms with Crippen molar-refractivity contribution < 1.29 is 9.13 Å². The maximum Gasteiger partial charge on any atom is 0.223 e. The minimum atomic E-state index is -0.915. The number of nitrogens with zero attached hydrogens (tertiary/aromatic N) is 5. The van der Waals surface area contributed by atoms with Crippen molar-refractivity contribution in [2.24, 2.45) is 0 Å². The molecule has 3 aliphatic rings. The second kappa shape index (κ2) is 7.16. The van der Waals surface area contributed by atoms with Crippen LogP contribution in [0, 0.1) is 0 Å². The summed E-state index contributed by atoms with van der Waals surface area (Å²) in [5.41, 5.74) is 3.23. The fourth-order valence-corrected chi connectivity index (χ4v) is 3.89. The van der Waals surface area contributed by atoms with Gasteiger partial charge in [-0.3, -0.25) is 0 Å². The van der Waals surface area contributed by atoms with E-state index in [0.29, 0.717) is 43.2 Å². The van der Waals surface area contributed by atoms with Gasteiger partial charge in [0.25, 0.3) is 0 Å². The maximum absolute atomic E-state index is 14.2. The molecule has 6 rings (SSSR count). The van der Waals surface area contributed by atoms with Crippen molar-refractivity contribution in [3.63, 3.8) is 0 Å². The SMILES string of the molecule is FC1CCNCC1Nc1nccc(-c2cnc3cc(OC4CC4)c(C4CC4)nn23)n1. The van der Waals surface area contributed by atoms with Crippen LogP contribution in [0.4, 0.5) is 10.3 Å². The van der Waals surface area contributed by atoms with Crippen LogP contribution in [0.2, 0.25) is 0 Å². The van der Waals surface area contributed by atoms with Gasteiger partial charge in [0.15, 0.2) is 5.65 Å². The lowest BCUT2D eigenvalue weighted by molar-refractivity contribution is 0.240. The van der Waals surface area contributed by atoms with E-state index in [1.165, 1.54) is 0 Å². The number of ether oxygens (including phenoxy) is 1. The van der Waals surface area contributed by atoms with Gasteiger partial charge in [0.05, 0.1) is 24.0 Å². The Morgan fingerprint density at radius 3 is 2.87 bits per heavy atom. The van der Waals surface area contributed by atoms with Gasteiger partial charge >= 0.3 is 0 Å². The van der Waals surface area contributed by atoms with E-state index in [9.17, 15) is 4.39 Å². The third kappa shape index (κ3) is 3.47. The van der Waals surface area contributed by atoms with E-state index in [1.807, 2.05) is 16.6 Å². The molecule has 156 valence electrons. The number of anilines is 1. The smallest absolute Gasteiger partial charge is 0.223 e. The van der Waals surface area contributed by atoms with Crippen molar-refractivity contribution in [1.82, 2.24) is 29.9 Å². The minimum Gasteiger partial charge on any atom is -0.488 e. The zero-order chi connectivity index (χ0) is 20.1. The second-order valence-electron chi connectivity index (χ2n) is 8.42. The van der Waals surface area contributed by atoms with Gasteiger partial charge in [-0.1, -0.05) is 0 Å². The predicted molar refractivity (Wildman–Crippen MR) is 109 cm³/mol. The number of aromatic nitrogens is 5. The Bertz CT molecular complexity index is 1080. The zero-order valence-corrected chi connectivity index (χ0v) is 16.6. The molecular formula is C21H24FN7O. The van der Waals surface area contributed by atoms with E-state index in [2.05, 4.69) is 25.6 Å². The highest BCUT2D eigenvalue weighted by Gasteiger charge is 2.33. The molecule has 8 nitrogen and oxygen atoms in total. The Balaban J connectivity index is 1.33. The van der Waals surface area contributed by atoms with Crippen molar-refractivity contribution in [2.45, 2.75) is 56.3 Å². The molecule has 0 bridgehead atoms. The van der Waals surface area contributed by atoms with E-state index in [4.69, 9.17) is 9.84 Å². The van der Waals surface area contributed by atoms with E-state index in [0.717, 1.165) is 48.5 Å². The molecule has 0 radical (unpaired) electrons. The Kier molecular flexibility index (Phi) is 4.29. The van der Waals surface area contributed by atoms with Gasteiger partial charge in [0, 0.05) is 24.7 Å². The predicted octanol–water partition coefficient (Wildman–Crippen LogP) is 2.72. The summed E-state index contributed by atoms with van der Waals surface area (Å²) < 4.78 is 22.1. The lowest BCUT2D eigenvalue weighted by Gasteiger charge is -2.27. The van der Waals surface area contributed by atoms with E-state index in [-0.39, 0.29) is 6.04 Å². The number of hydrogen-bond acceptors (Lipinski definition) is 7. The minimum absolute atomic E-state index is 0.324. The van der Waals surface area contributed by atoms with Gasteiger partial charge in [0.1, 0.15) is 23.3 Å². The Hall–Kier alpha value is -2.81.